The fourth-order valence-electron chi connectivity index (χ4n) is 2.63. The van der Waals surface area contributed by atoms with Crippen LogP contribution in [0.15, 0.2) is 59.1 Å². The molecule has 4 aromatic rings. The van der Waals surface area contributed by atoms with E-state index in [0.717, 1.165) is 22.3 Å². The first-order valence-corrected chi connectivity index (χ1v) is 9.92. The molecule has 0 saturated carbocycles. The number of sulfone groups is 1. The third kappa shape index (κ3) is 3.10. The Morgan fingerprint density at radius 3 is 2.56 bits per heavy atom. The lowest BCUT2D eigenvalue weighted by molar-refractivity contribution is -0.0435. The maximum Gasteiger partial charge on any atom is 0.501 e. The van der Waals surface area contributed by atoms with Crippen molar-refractivity contribution in [1.29, 1.82) is 0 Å². The normalized spacial score (nSPS) is 12.6. The number of fused-ring (bicyclic) bond motifs is 2. The monoisotopic (exact) mass is 409 g/mol. The van der Waals surface area contributed by atoms with E-state index < -0.39 is 20.2 Å². The second-order valence-corrected chi connectivity index (χ2v) is 8.47. The zero-order chi connectivity index (χ0) is 19.2. The van der Waals surface area contributed by atoms with Crippen molar-refractivity contribution in [3.63, 3.8) is 0 Å². The average Bonchev–Trinajstić information content (AvgIpc) is 3.08. The summed E-state index contributed by atoms with van der Waals surface area (Å²) in [6, 6.07) is 10.2. The van der Waals surface area contributed by atoms with Gasteiger partial charge in [-0.05, 0) is 42.5 Å². The van der Waals surface area contributed by atoms with Gasteiger partial charge in [0.2, 0.25) is 0 Å². The van der Waals surface area contributed by atoms with Gasteiger partial charge in [-0.3, -0.25) is 4.98 Å². The molecule has 0 atom stereocenters. The topological polar surface area (TPSA) is 72.0 Å². The van der Waals surface area contributed by atoms with E-state index in [-0.39, 0.29) is 5.39 Å². The van der Waals surface area contributed by atoms with Crippen molar-refractivity contribution in [1.82, 2.24) is 9.97 Å². The minimum absolute atomic E-state index is 0.265. The van der Waals surface area contributed by atoms with Gasteiger partial charge in [-0.1, -0.05) is 0 Å². The number of nitrogens with one attached hydrogen (secondary N) is 1. The van der Waals surface area contributed by atoms with Crippen LogP contribution in [-0.4, -0.2) is 23.9 Å². The SMILES string of the molecule is O=S(=O)(c1ccc2nccc(Nc3ccc4scnc4c3)c2c1)C(F)(F)F. The van der Waals surface area contributed by atoms with Crippen molar-refractivity contribution in [2.24, 2.45) is 0 Å². The van der Waals surface area contributed by atoms with Crippen LogP contribution in [0.4, 0.5) is 24.5 Å². The molecule has 0 bridgehead atoms. The number of anilines is 2. The fraction of sp³-hybridized carbons (Fsp3) is 0.0588. The molecule has 0 amide bonds. The fourth-order valence-corrected chi connectivity index (χ4v) is 4.07. The van der Waals surface area contributed by atoms with Gasteiger partial charge in [0.1, 0.15) is 0 Å². The van der Waals surface area contributed by atoms with Crippen LogP contribution in [0.5, 0.6) is 0 Å². The number of nitrogens with zero attached hydrogens (tertiary/aromatic N) is 2. The lowest BCUT2D eigenvalue weighted by atomic mass is 10.2. The highest BCUT2D eigenvalue weighted by molar-refractivity contribution is 7.92. The first kappa shape index (κ1) is 17.7. The summed E-state index contributed by atoms with van der Waals surface area (Å²) in [5, 5.41) is 3.36. The van der Waals surface area contributed by atoms with Crippen LogP contribution in [0.2, 0.25) is 0 Å². The Balaban J connectivity index is 1.82. The summed E-state index contributed by atoms with van der Waals surface area (Å²) in [7, 11) is -5.44. The van der Waals surface area contributed by atoms with Crippen LogP contribution >= 0.6 is 11.3 Å². The molecule has 0 aliphatic heterocycles. The standard InChI is InChI=1S/C17H10F3N3O2S2/c18-17(19,20)27(24,25)11-2-3-13-12(8-11)14(5-6-21-13)23-10-1-4-16-15(7-10)22-9-26-16/h1-9H,(H,21,23). The van der Waals surface area contributed by atoms with Gasteiger partial charge in [0, 0.05) is 23.0 Å². The molecule has 0 spiro atoms. The van der Waals surface area contributed by atoms with Crippen molar-refractivity contribution < 1.29 is 21.6 Å². The van der Waals surface area contributed by atoms with Crippen LogP contribution in [0.25, 0.3) is 21.1 Å². The molecule has 1 N–H and O–H groups in total. The van der Waals surface area contributed by atoms with Gasteiger partial charge in [-0.15, -0.1) is 11.3 Å². The van der Waals surface area contributed by atoms with Crippen molar-refractivity contribution in [3.8, 4) is 0 Å². The lowest BCUT2D eigenvalue weighted by Gasteiger charge is -2.12. The number of hydrogen-bond donors (Lipinski definition) is 1. The zero-order valence-corrected chi connectivity index (χ0v) is 15.0. The maximum atomic E-state index is 12.9. The number of rotatable bonds is 3. The molecule has 4 rings (SSSR count). The molecule has 0 unspecified atom stereocenters. The molecule has 0 fully saturated rings. The second-order valence-electron chi connectivity index (χ2n) is 5.65. The largest absolute Gasteiger partial charge is 0.501 e. The van der Waals surface area contributed by atoms with Gasteiger partial charge in [0.05, 0.1) is 26.1 Å². The highest BCUT2D eigenvalue weighted by atomic mass is 32.2. The van der Waals surface area contributed by atoms with Crippen molar-refractivity contribution in [3.05, 3.63) is 54.2 Å². The first-order chi connectivity index (χ1) is 12.8. The molecule has 10 heteroatoms. The molecule has 2 aromatic heterocycles. The van der Waals surface area contributed by atoms with Crippen molar-refractivity contribution in [2.75, 3.05) is 5.32 Å². The molecular formula is C17H10F3N3O2S2. The molecular weight excluding hydrogens is 399 g/mol. The van der Waals surface area contributed by atoms with Crippen molar-refractivity contribution in [2.45, 2.75) is 10.4 Å². The Morgan fingerprint density at radius 1 is 0.963 bits per heavy atom. The first-order valence-electron chi connectivity index (χ1n) is 7.56. The van der Waals surface area contributed by atoms with E-state index in [1.54, 1.807) is 17.6 Å². The van der Waals surface area contributed by atoms with Crippen LogP contribution in [0.3, 0.4) is 0 Å². The number of pyridine rings is 1. The van der Waals surface area contributed by atoms with Gasteiger partial charge in [-0.25, -0.2) is 13.4 Å². The van der Waals surface area contributed by atoms with E-state index in [1.165, 1.54) is 23.6 Å². The zero-order valence-electron chi connectivity index (χ0n) is 13.4. The van der Waals surface area contributed by atoms with E-state index in [1.807, 2.05) is 12.1 Å². The number of benzene rings is 2. The molecule has 0 aliphatic rings. The van der Waals surface area contributed by atoms with Crippen LogP contribution in [0.1, 0.15) is 0 Å². The summed E-state index contributed by atoms with van der Waals surface area (Å²) in [6.07, 6.45) is 1.49. The third-order valence-corrected chi connectivity index (χ3v) is 6.23. The number of thiazole rings is 1. The van der Waals surface area contributed by atoms with Gasteiger partial charge in [0.15, 0.2) is 0 Å². The van der Waals surface area contributed by atoms with E-state index in [0.29, 0.717) is 16.9 Å². The highest BCUT2D eigenvalue weighted by Crippen LogP contribution is 2.34. The molecule has 138 valence electrons. The van der Waals surface area contributed by atoms with Gasteiger partial charge in [0.25, 0.3) is 9.84 Å². The van der Waals surface area contributed by atoms with E-state index in [2.05, 4.69) is 15.3 Å². The molecule has 2 heterocycles. The lowest BCUT2D eigenvalue weighted by Crippen LogP contribution is -2.23. The van der Waals surface area contributed by atoms with Crippen LogP contribution < -0.4 is 5.32 Å². The summed E-state index contributed by atoms with van der Waals surface area (Å²) in [6.45, 7) is 0. The van der Waals surface area contributed by atoms with E-state index in [9.17, 15) is 21.6 Å². The summed E-state index contributed by atoms with van der Waals surface area (Å²) in [5.74, 6) is 0. The predicted octanol–water partition coefficient (Wildman–Crippen LogP) is 4.88. The predicted molar refractivity (Wildman–Crippen MR) is 97.9 cm³/mol. The van der Waals surface area contributed by atoms with E-state index in [4.69, 9.17) is 0 Å². The van der Waals surface area contributed by atoms with Crippen LogP contribution in [-0.2, 0) is 9.84 Å². The highest BCUT2D eigenvalue weighted by Gasteiger charge is 2.46. The van der Waals surface area contributed by atoms with Gasteiger partial charge >= 0.3 is 5.51 Å². The minimum Gasteiger partial charge on any atom is -0.355 e. The smallest absolute Gasteiger partial charge is 0.355 e. The number of alkyl halides is 3. The molecule has 0 radical (unpaired) electrons. The Hall–Kier alpha value is -2.72. The number of hydrogen-bond acceptors (Lipinski definition) is 6. The summed E-state index contributed by atoms with van der Waals surface area (Å²) >= 11 is 1.49. The molecule has 27 heavy (non-hydrogen) atoms. The quantitative estimate of drug-likeness (QED) is 0.522. The number of halogens is 3. The molecule has 0 aliphatic carbocycles. The second kappa shape index (κ2) is 6.17. The van der Waals surface area contributed by atoms with Gasteiger partial charge in [-0.2, -0.15) is 13.2 Å². The number of aromatic nitrogens is 2. The molecule has 5 nitrogen and oxygen atoms in total. The Bertz CT molecular complexity index is 1270. The average molecular weight is 409 g/mol. The summed E-state index contributed by atoms with van der Waals surface area (Å²) in [5.41, 5.74) is -1.39. The summed E-state index contributed by atoms with van der Waals surface area (Å²) in [4.78, 5) is 7.48. The Morgan fingerprint density at radius 2 is 1.78 bits per heavy atom. The Kier molecular flexibility index (Phi) is 4.04. The summed E-state index contributed by atoms with van der Waals surface area (Å²) < 4.78 is 63.0. The van der Waals surface area contributed by atoms with Gasteiger partial charge < -0.3 is 5.32 Å². The van der Waals surface area contributed by atoms with E-state index >= 15 is 0 Å². The maximum absolute atomic E-state index is 12.9. The third-order valence-electron chi connectivity index (χ3n) is 3.94. The van der Waals surface area contributed by atoms with Crippen molar-refractivity contribution >= 4 is 53.7 Å². The van der Waals surface area contributed by atoms with Crippen LogP contribution in [0, 0.1) is 0 Å². The minimum atomic E-state index is -5.44. The molecule has 2 aromatic carbocycles. The molecule has 0 saturated heterocycles. The Labute approximate surface area is 155 Å².